The second-order valence-electron chi connectivity index (χ2n) is 6.97. The number of halogens is 2. The Hall–Kier alpha value is -0.530. The molecule has 1 aromatic rings. The van der Waals surface area contributed by atoms with Crippen LogP contribution in [0.2, 0.25) is 5.02 Å². The molecule has 0 radical (unpaired) electrons. The molecule has 4 rings (SSSR count). The molecule has 3 aliphatic rings. The zero-order valence-electron chi connectivity index (χ0n) is 13.9. The van der Waals surface area contributed by atoms with Crippen LogP contribution in [0.5, 0.6) is 0 Å². The number of nitrogens with one attached hydrogen (secondary N) is 2. The van der Waals surface area contributed by atoms with Gasteiger partial charge in [0.05, 0.1) is 6.10 Å². The van der Waals surface area contributed by atoms with E-state index < -0.39 is 0 Å². The number of aliphatic imine (C=N–C) groups is 1. The van der Waals surface area contributed by atoms with Gasteiger partial charge in [-0.3, -0.25) is 4.99 Å². The van der Waals surface area contributed by atoms with E-state index in [1.807, 2.05) is 31.3 Å². The van der Waals surface area contributed by atoms with E-state index in [-0.39, 0.29) is 24.0 Å². The van der Waals surface area contributed by atoms with Crippen LogP contribution in [0.25, 0.3) is 0 Å². The van der Waals surface area contributed by atoms with Crippen molar-refractivity contribution in [2.24, 2.45) is 16.3 Å². The first kappa shape index (κ1) is 18.3. The summed E-state index contributed by atoms with van der Waals surface area (Å²) in [4.78, 5) is 4.40. The Balaban J connectivity index is 0.00000169. The van der Waals surface area contributed by atoms with Gasteiger partial charge in [-0.15, -0.1) is 24.0 Å². The molecule has 1 aliphatic heterocycles. The highest BCUT2D eigenvalue weighted by Crippen LogP contribution is 2.62. The van der Waals surface area contributed by atoms with Crippen molar-refractivity contribution in [3.05, 3.63) is 34.9 Å². The van der Waals surface area contributed by atoms with E-state index >= 15 is 0 Å². The van der Waals surface area contributed by atoms with Gasteiger partial charge in [-0.05, 0) is 30.9 Å². The van der Waals surface area contributed by atoms with Crippen molar-refractivity contribution in [3.8, 4) is 0 Å². The van der Waals surface area contributed by atoms with Crippen LogP contribution < -0.4 is 10.6 Å². The van der Waals surface area contributed by atoms with E-state index in [4.69, 9.17) is 16.3 Å². The van der Waals surface area contributed by atoms with Gasteiger partial charge in [0.1, 0.15) is 0 Å². The molecule has 2 N–H and O–H groups in total. The van der Waals surface area contributed by atoms with Crippen molar-refractivity contribution in [1.82, 2.24) is 10.6 Å². The van der Waals surface area contributed by atoms with Gasteiger partial charge in [0.25, 0.3) is 0 Å². The number of nitrogens with zero attached hydrogens (tertiary/aromatic N) is 1. The summed E-state index contributed by atoms with van der Waals surface area (Å²) in [5.41, 5.74) is 1.45. The molecule has 1 saturated heterocycles. The zero-order valence-corrected chi connectivity index (χ0v) is 17.0. The fourth-order valence-electron chi connectivity index (χ4n) is 4.62. The van der Waals surface area contributed by atoms with Crippen molar-refractivity contribution in [2.45, 2.75) is 44.4 Å². The molecule has 24 heavy (non-hydrogen) atoms. The van der Waals surface area contributed by atoms with Crippen LogP contribution in [-0.4, -0.2) is 31.8 Å². The predicted octanol–water partition coefficient (Wildman–Crippen LogP) is 3.58. The molecule has 0 amide bonds. The maximum absolute atomic E-state index is 6.23. The average Bonchev–Trinajstić information content (AvgIpc) is 2.92. The van der Waals surface area contributed by atoms with Crippen molar-refractivity contribution >= 4 is 41.5 Å². The summed E-state index contributed by atoms with van der Waals surface area (Å²) in [6, 6.07) is 8.43. The minimum Gasteiger partial charge on any atom is -0.377 e. The third kappa shape index (κ3) is 2.92. The van der Waals surface area contributed by atoms with Gasteiger partial charge in [0, 0.05) is 42.6 Å². The van der Waals surface area contributed by atoms with E-state index in [0.29, 0.717) is 30.0 Å². The van der Waals surface area contributed by atoms with E-state index in [1.54, 1.807) is 0 Å². The van der Waals surface area contributed by atoms with Crippen molar-refractivity contribution in [2.75, 3.05) is 13.7 Å². The molecular formula is C18H25ClIN3O. The van der Waals surface area contributed by atoms with Crippen LogP contribution >= 0.6 is 35.6 Å². The molecule has 6 heteroatoms. The topological polar surface area (TPSA) is 45.7 Å². The summed E-state index contributed by atoms with van der Waals surface area (Å²) in [6.07, 6.45) is 5.55. The van der Waals surface area contributed by atoms with Gasteiger partial charge in [-0.1, -0.05) is 36.2 Å². The van der Waals surface area contributed by atoms with Gasteiger partial charge < -0.3 is 15.4 Å². The molecule has 0 aromatic heterocycles. The Morgan fingerprint density at radius 1 is 1.38 bits per heavy atom. The lowest BCUT2D eigenvalue weighted by molar-refractivity contribution is -0.171. The van der Waals surface area contributed by atoms with Crippen LogP contribution in [0.3, 0.4) is 0 Å². The maximum atomic E-state index is 6.23. The molecule has 0 bridgehead atoms. The van der Waals surface area contributed by atoms with E-state index in [0.717, 1.165) is 23.2 Å². The maximum Gasteiger partial charge on any atom is 0.191 e. The molecule has 2 aliphatic carbocycles. The van der Waals surface area contributed by atoms with Crippen molar-refractivity contribution in [1.29, 1.82) is 0 Å². The summed E-state index contributed by atoms with van der Waals surface area (Å²) in [6.45, 7) is 1.60. The van der Waals surface area contributed by atoms with E-state index in [2.05, 4.69) is 15.6 Å². The SMILES string of the molecule is CN=C(NCc1ccccc1Cl)NC1C2CCOC2C12CCC2.I. The van der Waals surface area contributed by atoms with Gasteiger partial charge in [-0.25, -0.2) is 0 Å². The first-order chi connectivity index (χ1) is 11.2. The highest BCUT2D eigenvalue weighted by Gasteiger charge is 2.66. The number of hydrogen-bond acceptors (Lipinski definition) is 2. The second-order valence-corrected chi connectivity index (χ2v) is 7.38. The Labute approximate surface area is 165 Å². The number of guanidine groups is 1. The Bertz CT molecular complexity index is 620. The first-order valence-corrected chi connectivity index (χ1v) is 8.94. The minimum absolute atomic E-state index is 0. The van der Waals surface area contributed by atoms with Gasteiger partial charge >= 0.3 is 0 Å². The molecule has 3 unspecified atom stereocenters. The molecule has 4 nitrogen and oxygen atoms in total. The van der Waals surface area contributed by atoms with Crippen LogP contribution in [0.15, 0.2) is 29.3 Å². The quantitative estimate of drug-likeness (QED) is 0.411. The monoisotopic (exact) mass is 461 g/mol. The molecule has 3 atom stereocenters. The standard InChI is InChI=1S/C18H24ClN3O.HI/c1-20-17(21-11-12-5-2-3-6-14(12)19)22-15-13-7-10-23-16(13)18(15)8-4-9-18;/h2-3,5-6,13,15-16H,4,7-11H2,1H3,(H2,20,21,22);1H. The fraction of sp³-hybridized carbons (Fsp3) is 0.611. The largest absolute Gasteiger partial charge is 0.377 e. The van der Waals surface area contributed by atoms with E-state index in [1.165, 1.54) is 25.7 Å². The summed E-state index contributed by atoms with van der Waals surface area (Å²) in [5.74, 6) is 1.51. The summed E-state index contributed by atoms with van der Waals surface area (Å²) in [5, 5.41) is 7.87. The normalized spacial score (nSPS) is 29.9. The number of benzene rings is 1. The Morgan fingerprint density at radius 2 is 2.17 bits per heavy atom. The third-order valence-electron chi connectivity index (χ3n) is 5.96. The van der Waals surface area contributed by atoms with Crippen LogP contribution in [-0.2, 0) is 11.3 Å². The zero-order chi connectivity index (χ0) is 15.9. The molecule has 132 valence electrons. The van der Waals surface area contributed by atoms with Crippen LogP contribution in [0.4, 0.5) is 0 Å². The van der Waals surface area contributed by atoms with Crippen LogP contribution in [0, 0.1) is 11.3 Å². The third-order valence-corrected chi connectivity index (χ3v) is 6.32. The average molecular weight is 462 g/mol. The molecule has 2 saturated carbocycles. The van der Waals surface area contributed by atoms with Gasteiger partial charge in [-0.2, -0.15) is 0 Å². The first-order valence-electron chi connectivity index (χ1n) is 8.57. The number of ether oxygens (including phenoxy) is 1. The fourth-order valence-corrected chi connectivity index (χ4v) is 4.82. The Kier molecular flexibility index (Phi) is 5.62. The smallest absolute Gasteiger partial charge is 0.191 e. The molecule has 1 aromatic carbocycles. The summed E-state index contributed by atoms with van der Waals surface area (Å²) < 4.78 is 5.98. The van der Waals surface area contributed by atoms with Gasteiger partial charge in [0.2, 0.25) is 0 Å². The number of fused-ring (bicyclic) bond motifs is 2. The highest BCUT2D eigenvalue weighted by molar-refractivity contribution is 14.0. The lowest BCUT2D eigenvalue weighted by atomic mass is 9.46. The van der Waals surface area contributed by atoms with Crippen molar-refractivity contribution in [3.63, 3.8) is 0 Å². The highest BCUT2D eigenvalue weighted by atomic mass is 127. The molecular weight excluding hydrogens is 437 g/mol. The summed E-state index contributed by atoms with van der Waals surface area (Å²) >= 11 is 6.23. The Morgan fingerprint density at radius 3 is 2.83 bits per heavy atom. The minimum atomic E-state index is 0. The number of rotatable bonds is 3. The summed E-state index contributed by atoms with van der Waals surface area (Å²) in [7, 11) is 1.83. The van der Waals surface area contributed by atoms with Crippen molar-refractivity contribution < 1.29 is 4.74 Å². The molecule has 1 spiro atoms. The van der Waals surface area contributed by atoms with Crippen LogP contribution in [0.1, 0.15) is 31.2 Å². The number of hydrogen-bond donors (Lipinski definition) is 2. The van der Waals surface area contributed by atoms with E-state index in [9.17, 15) is 0 Å². The predicted molar refractivity (Wildman–Crippen MR) is 108 cm³/mol. The molecule has 3 fully saturated rings. The van der Waals surface area contributed by atoms with Gasteiger partial charge in [0.15, 0.2) is 5.96 Å². The second kappa shape index (κ2) is 7.38. The lowest BCUT2D eigenvalue weighted by Crippen LogP contribution is -2.72. The lowest BCUT2D eigenvalue weighted by Gasteiger charge is -2.63. The molecule has 1 heterocycles.